The van der Waals surface area contributed by atoms with Crippen LogP contribution in [0.1, 0.15) is 38.3 Å². The summed E-state index contributed by atoms with van der Waals surface area (Å²) in [4.78, 5) is 3.42. The molecular formula is C19H34N2O+2. The Morgan fingerprint density at radius 2 is 1.77 bits per heavy atom. The first-order valence-corrected chi connectivity index (χ1v) is 8.75. The van der Waals surface area contributed by atoms with Gasteiger partial charge in [-0.15, -0.1) is 0 Å². The van der Waals surface area contributed by atoms with Gasteiger partial charge in [-0.3, -0.25) is 0 Å². The SMILES string of the molecule is Cc1cccc(C(C)(C)C)c1OCCC[NH+]1CC[NH+](C)CC1. The van der Waals surface area contributed by atoms with Crippen molar-refractivity contribution in [2.24, 2.45) is 0 Å². The lowest BCUT2D eigenvalue weighted by Gasteiger charge is -2.27. The molecular weight excluding hydrogens is 272 g/mol. The highest BCUT2D eigenvalue weighted by molar-refractivity contribution is 5.44. The Kier molecular flexibility index (Phi) is 5.87. The molecule has 0 aromatic heterocycles. The van der Waals surface area contributed by atoms with E-state index in [1.54, 1.807) is 9.80 Å². The Morgan fingerprint density at radius 3 is 2.41 bits per heavy atom. The molecule has 0 unspecified atom stereocenters. The number of para-hydroxylation sites is 1. The van der Waals surface area contributed by atoms with Crippen molar-refractivity contribution in [1.82, 2.24) is 0 Å². The third-order valence-corrected chi connectivity index (χ3v) is 4.75. The monoisotopic (exact) mass is 306 g/mol. The van der Waals surface area contributed by atoms with Gasteiger partial charge in [-0.05, 0) is 23.5 Å². The number of likely N-dealkylation sites (N-methyl/N-ethyl adjacent to an activating group) is 1. The summed E-state index contributed by atoms with van der Waals surface area (Å²) < 4.78 is 6.19. The zero-order valence-electron chi connectivity index (χ0n) is 15.1. The molecule has 0 atom stereocenters. The third kappa shape index (κ3) is 4.72. The van der Waals surface area contributed by atoms with Gasteiger partial charge in [0.15, 0.2) is 0 Å². The molecule has 1 heterocycles. The van der Waals surface area contributed by atoms with E-state index in [4.69, 9.17) is 4.74 Å². The molecule has 1 aromatic rings. The highest BCUT2D eigenvalue weighted by Gasteiger charge is 2.21. The molecule has 1 aliphatic rings. The van der Waals surface area contributed by atoms with Crippen molar-refractivity contribution >= 4 is 0 Å². The summed E-state index contributed by atoms with van der Waals surface area (Å²) in [5.74, 6) is 1.10. The van der Waals surface area contributed by atoms with Crippen molar-refractivity contribution in [1.29, 1.82) is 0 Å². The van der Waals surface area contributed by atoms with E-state index in [0.717, 1.165) is 18.8 Å². The fourth-order valence-electron chi connectivity index (χ4n) is 3.21. The van der Waals surface area contributed by atoms with Crippen LogP contribution in [-0.4, -0.2) is 46.4 Å². The van der Waals surface area contributed by atoms with Crippen LogP contribution in [-0.2, 0) is 5.41 Å². The van der Waals surface area contributed by atoms with Gasteiger partial charge in [0.25, 0.3) is 0 Å². The van der Waals surface area contributed by atoms with Crippen LogP contribution in [0.3, 0.4) is 0 Å². The van der Waals surface area contributed by atoms with Gasteiger partial charge < -0.3 is 14.5 Å². The summed E-state index contributed by atoms with van der Waals surface area (Å²) in [5, 5.41) is 0. The van der Waals surface area contributed by atoms with Crippen molar-refractivity contribution < 1.29 is 14.5 Å². The van der Waals surface area contributed by atoms with Gasteiger partial charge in [-0.2, -0.15) is 0 Å². The van der Waals surface area contributed by atoms with E-state index < -0.39 is 0 Å². The Bertz CT molecular complexity index is 471. The topological polar surface area (TPSA) is 18.1 Å². The molecule has 3 nitrogen and oxygen atoms in total. The third-order valence-electron chi connectivity index (χ3n) is 4.75. The summed E-state index contributed by atoms with van der Waals surface area (Å²) in [6, 6.07) is 6.50. The van der Waals surface area contributed by atoms with Crippen LogP contribution >= 0.6 is 0 Å². The standard InChI is InChI=1S/C19H32N2O/c1-16-8-6-9-17(19(2,3)4)18(16)22-15-7-10-21-13-11-20(5)12-14-21/h6,8-9H,7,10-15H2,1-5H3/p+2. The molecule has 1 fully saturated rings. The van der Waals surface area contributed by atoms with Crippen LogP contribution in [0, 0.1) is 6.92 Å². The van der Waals surface area contributed by atoms with Crippen LogP contribution in [0.4, 0.5) is 0 Å². The maximum Gasteiger partial charge on any atom is 0.127 e. The minimum Gasteiger partial charge on any atom is -0.493 e. The Balaban J connectivity index is 1.84. The maximum absolute atomic E-state index is 6.19. The average Bonchev–Trinajstić information content (AvgIpc) is 2.45. The molecule has 1 aromatic carbocycles. The highest BCUT2D eigenvalue weighted by Crippen LogP contribution is 2.33. The Hall–Kier alpha value is -1.06. The van der Waals surface area contributed by atoms with Crippen molar-refractivity contribution in [3.05, 3.63) is 29.3 Å². The molecule has 1 aliphatic heterocycles. The summed E-state index contributed by atoms with van der Waals surface area (Å²) in [6.45, 7) is 16.2. The predicted octanol–water partition coefficient (Wildman–Crippen LogP) is 0.475. The number of hydrogen-bond acceptors (Lipinski definition) is 1. The van der Waals surface area contributed by atoms with E-state index in [2.05, 4.69) is 52.9 Å². The van der Waals surface area contributed by atoms with Crippen LogP contribution < -0.4 is 14.5 Å². The zero-order chi connectivity index (χ0) is 16.2. The lowest BCUT2D eigenvalue weighted by atomic mass is 9.85. The van der Waals surface area contributed by atoms with Crippen LogP contribution in [0.15, 0.2) is 18.2 Å². The number of quaternary nitrogens is 2. The molecule has 0 radical (unpaired) electrons. The van der Waals surface area contributed by atoms with E-state index >= 15 is 0 Å². The molecule has 0 amide bonds. The predicted molar refractivity (Wildman–Crippen MR) is 92.2 cm³/mol. The van der Waals surface area contributed by atoms with Crippen LogP contribution in [0.2, 0.25) is 0 Å². The minimum atomic E-state index is 0.132. The summed E-state index contributed by atoms with van der Waals surface area (Å²) in [6.07, 6.45) is 1.15. The number of piperazine rings is 1. The first-order chi connectivity index (χ1) is 10.4. The van der Waals surface area contributed by atoms with Crippen LogP contribution in [0.25, 0.3) is 0 Å². The second-order valence-electron chi connectivity index (χ2n) is 7.86. The van der Waals surface area contributed by atoms with Gasteiger partial charge in [0, 0.05) is 6.42 Å². The van der Waals surface area contributed by atoms with Gasteiger partial charge in [0.1, 0.15) is 31.9 Å². The number of nitrogens with one attached hydrogen (secondary N) is 2. The highest BCUT2D eigenvalue weighted by atomic mass is 16.5. The molecule has 22 heavy (non-hydrogen) atoms. The molecule has 2 rings (SSSR count). The minimum absolute atomic E-state index is 0.132. The lowest BCUT2D eigenvalue weighted by molar-refractivity contribution is -1.00. The molecule has 3 heteroatoms. The largest absolute Gasteiger partial charge is 0.493 e. The Labute approximate surface area is 136 Å². The second-order valence-corrected chi connectivity index (χ2v) is 7.86. The Morgan fingerprint density at radius 1 is 1.09 bits per heavy atom. The van der Waals surface area contributed by atoms with Gasteiger partial charge in [-0.1, -0.05) is 39.0 Å². The fraction of sp³-hybridized carbons (Fsp3) is 0.684. The molecule has 0 aliphatic carbocycles. The molecule has 1 saturated heterocycles. The van der Waals surface area contributed by atoms with Gasteiger partial charge in [0.2, 0.25) is 0 Å². The lowest BCUT2D eigenvalue weighted by Crippen LogP contribution is -3.27. The normalized spacial score (nSPS) is 22.6. The van der Waals surface area contributed by atoms with Gasteiger partial charge >= 0.3 is 0 Å². The van der Waals surface area contributed by atoms with E-state index in [0.29, 0.717) is 0 Å². The molecule has 0 spiro atoms. The van der Waals surface area contributed by atoms with E-state index in [-0.39, 0.29) is 5.41 Å². The van der Waals surface area contributed by atoms with Gasteiger partial charge in [0.05, 0.1) is 20.2 Å². The van der Waals surface area contributed by atoms with E-state index in [9.17, 15) is 0 Å². The molecule has 0 saturated carbocycles. The molecule has 0 bridgehead atoms. The quantitative estimate of drug-likeness (QED) is 0.757. The van der Waals surface area contributed by atoms with Gasteiger partial charge in [-0.25, -0.2) is 0 Å². The molecule has 124 valence electrons. The van der Waals surface area contributed by atoms with Crippen LogP contribution in [0.5, 0.6) is 5.75 Å². The summed E-state index contributed by atoms with van der Waals surface area (Å²) in [7, 11) is 2.30. The average molecular weight is 306 g/mol. The summed E-state index contributed by atoms with van der Waals surface area (Å²) >= 11 is 0. The van der Waals surface area contributed by atoms with Crippen molar-refractivity contribution in [2.45, 2.75) is 39.5 Å². The maximum atomic E-state index is 6.19. The summed E-state index contributed by atoms with van der Waals surface area (Å²) in [5.41, 5.74) is 2.71. The smallest absolute Gasteiger partial charge is 0.127 e. The van der Waals surface area contributed by atoms with E-state index in [1.165, 1.54) is 43.9 Å². The number of ether oxygens (including phenoxy) is 1. The van der Waals surface area contributed by atoms with Crippen molar-refractivity contribution in [3.63, 3.8) is 0 Å². The number of hydrogen-bond donors (Lipinski definition) is 2. The van der Waals surface area contributed by atoms with Crippen molar-refractivity contribution in [2.75, 3.05) is 46.4 Å². The number of aryl methyl sites for hydroxylation is 1. The first kappa shape index (κ1) is 17.3. The zero-order valence-corrected chi connectivity index (χ0v) is 15.1. The molecule has 2 N–H and O–H groups in total. The first-order valence-electron chi connectivity index (χ1n) is 8.75. The number of benzene rings is 1. The fourth-order valence-corrected chi connectivity index (χ4v) is 3.21. The second kappa shape index (κ2) is 7.47. The van der Waals surface area contributed by atoms with E-state index in [1.807, 2.05) is 0 Å². The number of rotatable bonds is 5. The van der Waals surface area contributed by atoms with Crippen molar-refractivity contribution in [3.8, 4) is 5.75 Å².